The van der Waals surface area contributed by atoms with Crippen LogP contribution in [0.5, 0.6) is 0 Å². The molecule has 1 fully saturated rings. The van der Waals surface area contributed by atoms with Crippen molar-refractivity contribution >= 4 is 35.5 Å². The van der Waals surface area contributed by atoms with Gasteiger partial charge in [-0.1, -0.05) is 23.3 Å². The van der Waals surface area contributed by atoms with E-state index in [-0.39, 0.29) is 23.5 Å². The Balaban J connectivity index is 0.000000191. The minimum atomic E-state index is -0.983. The predicted octanol–water partition coefficient (Wildman–Crippen LogP) is 3.09. The number of nitrogens with zero attached hydrogens (tertiary/aromatic N) is 3. The summed E-state index contributed by atoms with van der Waals surface area (Å²) in [6.45, 7) is 3.49. The maximum absolute atomic E-state index is 12.3. The zero-order chi connectivity index (χ0) is 25.3. The molecule has 10 nitrogen and oxygen atoms in total. The molecule has 0 aromatic carbocycles. The molecule has 0 aromatic rings. The van der Waals surface area contributed by atoms with Crippen LogP contribution >= 0.6 is 0 Å². The second-order valence-corrected chi connectivity index (χ2v) is 9.51. The van der Waals surface area contributed by atoms with E-state index in [1.54, 1.807) is 13.8 Å². The Bertz CT molecular complexity index is 1030. The molecule has 10 heteroatoms. The van der Waals surface area contributed by atoms with Crippen LogP contribution in [0.2, 0.25) is 0 Å². The number of aliphatic imine (C=N–C) groups is 1. The summed E-state index contributed by atoms with van der Waals surface area (Å²) in [4.78, 5) is 53.1. The van der Waals surface area contributed by atoms with Crippen LogP contribution in [0.3, 0.4) is 0 Å². The molecule has 2 aliphatic heterocycles. The number of nitrogens with two attached hydrogens (primary N) is 1. The molecule has 2 heterocycles. The number of rotatable bonds is 2. The van der Waals surface area contributed by atoms with Crippen LogP contribution in [-0.4, -0.2) is 59.4 Å². The Hall–Kier alpha value is -3.30. The summed E-state index contributed by atoms with van der Waals surface area (Å²) in [5.41, 5.74) is 5.88. The van der Waals surface area contributed by atoms with E-state index in [4.69, 9.17) is 11.1 Å². The van der Waals surface area contributed by atoms with Gasteiger partial charge < -0.3 is 5.73 Å². The van der Waals surface area contributed by atoms with Crippen molar-refractivity contribution in [1.29, 1.82) is 5.41 Å². The number of hydrogen-bond acceptors (Lipinski definition) is 6. The third-order valence-corrected chi connectivity index (χ3v) is 7.40. The molecular weight excluding hydrogens is 436 g/mol. The lowest BCUT2D eigenvalue weighted by Gasteiger charge is -2.40. The van der Waals surface area contributed by atoms with Gasteiger partial charge in [0.1, 0.15) is 22.5 Å². The van der Waals surface area contributed by atoms with E-state index in [2.05, 4.69) is 16.4 Å². The summed E-state index contributed by atoms with van der Waals surface area (Å²) in [7, 11) is 2.97. The van der Waals surface area contributed by atoms with Gasteiger partial charge >= 0.3 is 12.1 Å². The van der Waals surface area contributed by atoms with E-state index in [0.29, 0.717) is 0 Å². The highest BCUT2D eigenvalue weighted by Crippen LogP contribution is 2.39. The van der Waals surface area contributed by atoms with E-state index < -0.39 is 22.9 Å². The summed E-state index contributed by atoms with van der Waals surface area (Å²) in [6, 6.07) is -1.10. The SMILES string of the molecule is CN1C(=N)C(C)(C2=CCCCC2)C(=O)NC1=O.CN1C(=O)N=C(N)C(C)(C2=CCCCC2)C1=O. The Kier molecular flexibility index (Phi) is 7.09. The van der Waals surface area contributed by atoms with Crippen molar-refractivity contribution in [2.75, 3.05) is 14.1 Å². The Morgan fingerprint density at radius 2 is 1.44 bits per heavy atom. The van der Waals surface area contributed by atoms with E-state index in [9.17, 15) is 19.2 Å². The topological polar surface area (TPSA) is 149 Å². The lowest BCUT2D eigenvalue weighted by molar-refractivity contribution is -0.132. The highest BCUT2D eigenvalue weighted by molar-refractivity contribution is 6.21. The number of amidine groups is 2. The quantitative estimate of drug-likeness (QED) is 0.530. The van der Waals surface area contributed by atoms with Crippen LogP contribution in [0.15, 0.2) is 28.3 Å². The van der Waals surface area contributed by atoms with Crippen LogP contribution in [-0.2, 0) is 9.59 Å². The van der Waals surface area contributed by atoms with Crippen molar-refractivity contribution in [2.45, 2.75) is 65.2 Å². The van der Waals surface area contributed by atoms with E-state index >= 15 is 0 Å². The van der Waals surface area contributed by atoms with Gasteiger partial charge in [0.05, 0.1) is 0 Å². The molecule has 34 heavy (non-hydrogen) atoms. The first-order chi connectivity index (χ1) is 16.0. The molecule has 2 atom stereocenters. The summed E-state index contributed by atoms with van der Waals surface area (Å²) >= 11 is 0. The number of carbonyl (C=O) groups is 4. The molecule has 0 spiro atoms. The fourth-order valence-corrected chi connectivity index (χ4v) is 4.86. The molecule has 0 saturated carbocycles. The number of amides is 6. The largest absolute Gasteiger partial charge is 0.386 e. The Morgan fingerprint density at radius 3 is 1.94 bits per heavy atom. The second-order valence-electron chi connectivity index (χ2n) is 9.51. The number of nitrogens with one attached hydrogen (secondary N) is 2. The highest BCUT2D eigenvalue weighted by atomic mass is 16.2. The molecule has 4 rings (SSSR count). The zero-order valence-corrected chi connectivity index (χ0v) is 20.4. The fourth-order valence-electron chi connectivity index (χ4n) is 4.86. The highest BCUT2D eigenvalue weighted by Gasteiger charge is 2.49. The van der Waals surface area contributed by atoms with Gasteiger partial charge in [0.15, 0.2) is 0 Å². The number of imide groups is 2. The first kappa shape index (κ1) is 25.3. The molecule has 2 aliphatic carbocycles. The summed E-state index contributed by atoms with van der Waals surface area (Å²) in [6.07, 6.45) is 12.1. The first-order valence-corrected chi connectivity index (χ1v) is 11.7. The van der Waals surface area contributed by atoms with Gasteiger partial charge in [-0.15, -0.1) is 0 Å². The molecule has 0 bridgehead atoms. The summed E-state index contributed by atoms with van der Waals surface area (Å²) in [5.74, 6) is -0.458. The minimum absolute atomic E-state index is 0.0689. The molecule has 2 unspecified atom stereocenters. The fraction of sp³-hybridized carbons (Fsp3) is 0.583. The summed E-state index contributed by atoms with van der Waals surface area (Å²) < 4.78 is 0. The van der Waals surface area contributed by atoms with Crippen molar-refractivity contribution in [3.8, 4) is 0 Å². The molecule has 0 aromatic heterocycles. The number of allylic oxidation sites excluding steroid dienone is 2. The second kappa shape index (κ2) is 9.52. The third-order valence-electron chi connectivity index (χ3n) is 7.40. The molecule has 1 saturated heterocycles. The van der Waals surface area contributed by atoms with Crippen LogP contribution in [0.1, 0.15) is 65.2 Å². The van der Waals surface area contributed by atoms with Gasteiger partial charge in [0.2, 0.25) is 11.8 Å². The van der Waals surface area contributed by atoms with Gasteiger partial charge in [0.25, 0.3) is 0 Å². The number of urea groups is 2. The average Bonchev–Trinajstić information content (AvgIpc) is 2.85. The normalized spacial score (nSPS) is 30.1. The van der Waals surface area contributed by atoms with Crippen molar-refractivity contribution in [3.05, 3.63) is 23.3 Å². The van der Waals surface area contributed by atoms with Crippen molar-refractivity contribution in [3.63, 3.8) is 0 Å². The molecule has 6 amide bonds. The lowest BCUT2D eigenvalue weighted by Crippen LogP contribution is -2.62. The first-order valence-electron chi connectivity index (χ1n) is 11.7. The van der Waals surface area contributed by atoms with E-state index in [1.165, 1.54) is 19.0 Å². The number of hydrogen-bond donors (Lipinski definition) is 3. The van der Waals surface area contributed by atoms with Crippen LogP contribution in [0.25, 0.3) is 0 Å². The maximum atomic E-state index is 12.3. The van der Waals surface area contributed by atoms with E-state index in [0.717, 1.165) is 67.4 Å². The molecule has 0 radical (unpaired) electrons. The Morgan fingerprint density at radius 1 is 0.912 bits per heavy atom. The minimum Gasteiger partial charge on any atom is -0.386 e. The van der Waals surface area contributed by atoms with Crippen molar-refractivity contribution in [2.24, 2.45) is 21.6 Å². The zero-order valence-electron chi connectivity index (χ0n) is 20.4. The van der Waals surface area contributed by atoms with Crippen LogP contribution in [0.4, 0.5) is 9.59 Å². The Labute approximate surface area is 199 Å². The van der Waals surface area contributed by atoms with Crippen LogP contribution in [0, 0.1) is 16.2 Å². The van der Waals surface area contributed by atoms with Gasteiger partial charge in [-0.3, -0.25) is 30.1 Å². The monoisotopic (exact) mass is 470 g/mol. The molecule has 4 N–H and O–H groups in total. The maximum Gasteiger partial charge on any atom is 0.351 e. The van der Waals surface area contributed by atoms with Crippen molar-refractivity contribution in [1.82, 2.24) is 15.1 Å². The van der Waals surface area contributed by atoms with Gasteiger partial charge in [-0.05, 0) is 65.2 Å². The lowest BCUT2D eigenvalue weighted by atomic mass is 9.74. The third kappa shape index (κ3) is 4.17. The van der Waals surface area contributed by atoms with E-state index in [1.807, 2.05) is 6.08 Å². The molecule has 4 aliphatic rings. The van der Waals surface area contributed by atoms with Crippen LogP contribution < -0.4 is 11.1 Å². The van der Waals surface area contributed by atoms with Gasteiger partial charge in [0, 0.05) is 14.1 Å². The smallest absolute Gasteiger partial charge is 0.351 e. The van der Waals surface area contributed by atoms with Crippen molar-refractivity contribution < 1.29 is 19.2 Å². The standard InChI is InChI=1S/2C12H17N3O2/c1-12(8-6-4-3-5-7-8)9(13)15(2)11(17)14-10(12)16;1-12(8-6-4-3-5-7-8)9(13)14-11(17)15(2)10(12)16/h6,13H,3-5,7H2,1-2H3,(H,14,16,17);6H,3-5,7H2,1-2H3,(H2,13,14,17). The van der Waals surface area contributed by atoms with Gasteiger partial charge in [-0.2, -0.15) is 4.99 Å². The molecular formula is C24H34N6O4. The van der Waals surface area contributed by atoms with Gasteiger partial charge in [-0.25, -0.2) is 9.59 Å². The molecule has 184 valence electrons. The average molecular weight is 471 g/mol. The predicted molar refractivity (Wildman–Crippen MR) is 128 cm³/mol. The summed E-state index contributed by atoms with van der Waals surface area (Å²) in [5, 5.41) is 10.4. The number of carbonyl (C=O) groups excluding carboxylic acids is 4.